The molecule has 0 bridgehead atoms. The maximum absolute atomic E-state index is 13.1. The smallest absolute Gasteiger partial charge is 0.326 e. The Hall–Kier alpha value is -2.11. The first-order chi connectivity index (χ1) is 9.29. The van der Waals surface area contributed by atoms with Crippen LogP contribution in [0.2, 0.25) is 0 Å². The van der Waals surface area contributed by atoms with Gasteiger partial charge in [0.15, 0.2) is 0 Å². The molecule has 2 amide bonds. The van der Waals surface area contributed by atoms with Gasteiger partial charge in [0, 0.05) is 5.69 Å². The summed E-state index contributed by atoms with van der Waals surface area (Å²) in [7, 11) is 0. The Morgan fingerprint density at radius 1 is 1.35 bits per heavy atom. The molecule has 1 unspecified atom stereocenters. The number of carbonyl (C=O) groups is 2. The molecule has 0 spiro atoms. The summed E-state index contributed by atoms with van der Waals surface area (Å²) in [5.74, 6) is -1.30. The van der Waals surface area contributed by atoms with Gasteiger partial charge in [0.1, 0.15) is 11.9 Å². The second-order valence-corrected chi connectivity index (χ2v) is 5.08. The number of anilines is 1. The van der Waals surface area contributed by atoms with Crippen molar-refractivity contribution in [2.24, 2.45) is 5.92 Å². The fraction of sp³-hybridized carbons (Fsp3) is 0.429. The van der Waals surface area contributed by atoms with Crippen molar-refractivity contribution in [2.75, 3.05) is 5.32 Å². The Kier molecular flexibility index (Phi) is 5.49. The lowest BCUT2D eigenvalue weighted by molar-refractivity contribution is -0.139. The number of amides is 2. The Balaban J connectivity index is 2.65. The number of aliphatic carboxylic acids is 1. The van der Waals surface area contributed by atoms with Crippen LogP contribution in [0.3, 0.4) is 0 Å². The van der Waals surface area contributed by atoms with Crippen molar-refractivity contribution >= 4 is 17.7 Å². The highest BCUT2D eigenvalue weighted by Crippen LogP contribution is 2.13. The predicted octanol–water partition coefficient (Wildman–Crippen LogP) is 2.75. The average molecular weight is 282 g/mol. The molecule has 0 saturated heterocycles. The van der Waals surface area contributed by atoms with Crippen molar-refractivity contribution in [3.63, 3.8) is 0 Å². The molecule has 0 aliphatic heterocycles. The second kappa shape index (κ2) is 6.88. The molecule has 20 heavy (non-hydrogen) atoms. The molecule has 0 aliphatic carbocycles. The zero-order valence-corrected chi connectivity index (χ0v) is 11.7. The number of aryl methyl sites for hydroxylation is 1. The number of nitrogens with one attached hydrogen (secondary N) is 2. The van der Waals surface area contributed by atoms with E-state index < -0.39 is 18.0 Å². The number of carboxylic acid groups (broad SMARTS) is 1. The first kappa shape index (κ1) is 15.9. The number of hydrogen-bond donors (Lipinski definition) is 3. The minimum atomic E-state index is -1.08. The quantitative estimate of drug-likeness (QED) is 0.777. The van der Waals surface area contributed by atoms with Gasteiger partial charge in [0.25, 0.3) is 0 Å². The second-order valence-electron chi connectivity index (χ2n) is 5.08. The summed E-state index contributed by atoms with van der Waals surface area (Å²) in [5, 5.41) is 13.9. The van der Waals surface area contributed by atoms with E-state index in [1.54, 1.807) is 6.92 Å². The molecule has 0 fully saturated rings. The van der Waals surface area contributed by atoms with Crippen LogP contribution < -0.4 is 10.6 Å². The zero-order valence-electron chi connectivity index (χ0n) is 11.7. The minimum Gasteiger partial charge on any atom is -0.480 e. The molecule has 110 valence electrons. The molecule has 1 aromatic carbocycles. The number of urea groups is 1. The van der Waals surface area contributed by atoms with E-state index in [0.29, 0.717) is 17.7 Å². The molecule has 0 saturated carbocycles. The Morgan fingerprint density at radius 3 is 2.50 bits per heavy atom. The van der Waals surface area contributed by atoms with Gasteiger partial charge in [0.05, 0.1) is 0 Å². The van der Waals surface area contributed by atoms with Gasteiger partial charge in [0.2, 0.25) is 0 Å². The molecular formula is C14H19FN2O3. The van der Waals surface area contributed by atoms with Gasteiger partial charge in [-0.2, -0.15) is 0 Å². The van der Waals surface area contributed by atoms with E-state index in [9.17, 15) is 14.0 Å². The van der Waals surface area contributed by atoms with E-state index in [0.717, 1.165) is 0 Å². The van der Waals surface area contributed by atoms with Gasteiger partial charge in [-0.15, -0.1) is 0 Å². The summed E-state index contributed by atoms with van der Waals surface area (Å²) in [4.78, 5) is 22.8. The van der Waals surface area contributed by atoms with Crippen LogP contribution in [0.15, 0.2) is 18.2 Å². The van der Waals surface area contributed by atoms with Crippen LogP contribution in [0.25, 0.3) is 0 Å². The normalized spacial score (nSPS) is 12.1. The monoisotopic (exact) mass is 282 g/mol. The number of halogens is 1. The van der Waals surface area contributed by atoms with Crippen molar-refractivity contribution < 1.29 is 19.1 Å². The molecule has 1 atom stereocenters. The van der Waals surface area contributed by atoms with E-state index >= 15 is 0 Å². The van der Waals surface area contributed by atoms with Crippen LogP contribution in [-0.2, 0) is 4.79 Å². The molecule has 1 aromatic rings. The number of benzene rings is 1. The fourth-order valence-corrected chi connectivity index (χ4v) is 1.74. The molecule has 1 rings (SSSR count). The molecule has 5 nitrogen and oxygen atoms in total. The van der Waals surface area contributed by atoms with Gasteiger partial charge in [-0.25, -0.2) is 14.0 Å². The Labute approximate surface area is 117 Å². The van der Waals surface area contributed by atoms with Gasteiger partial charge in [-0.05, 0) is 43.0 Å². The van der Waals surface area contributed by atoms with Gasteiger partial charge in [-0.1, -0.05) is 13.8 Å². The maximum atomic E-state index is 13.1. The highest BCUT2D eigenvalue weighted by molar-refractivity contribution is 5.92. The lowest BCUT2D eigenvalue weighted by atomic mass is 10.0. The third kappa shape index (κ3) is 4.87. The van der Waals surface area contributed by atoms with Gasteiger partial charge in [-0.3, -0.25) is 0 Å². The molecule has 0 aliphatic rings. The summed E-state index contributed by atoms with van der Waals surface area (Å²) < 4.78 is 13.1. The lowest BCUT2D eigenvalue weighted by Crippen LogP contribution is -2.43. The molecular weight excluding hydrogens is 263 g/mol. The number of carboxylic acids is 1. The van der Waals surface area contributed by atoms with Crippen molar-refractivity contribution in [3.05, 3.63) is 29.6 Å². The summed E-state index contributed by atoms with van der Waals surface area (Å²) in [6.45, 7) is 5.33. The van der Waals surface area contributed by atoms with Crippen LogP contribution in [0.5, 0.6) is 0 Å². The van der Waals surface area contributed by atoms with E-state index in [1.165, 1.54) is 18.2 Å². The van der Waals surface area contributed by atoms with Crippen LogP contribution in [-0.4, -0.2) is 23.1 Å². The fourth-order valence-electron chi connectivity index (χ4n) is 1.74. The highest BCUT2D eigenvalue weighted by atomic mass is 19.1. The SMILES string of the molecule is Cc1cc(NC(=O)NC(CC(C)C)C(=O)O)ccc1F. The van der Waals surface area contributed by atoms with Crippen molar-refractivity contribution in [2.45, 2.75) is 33.2 Å². The van der Waals surface area contributed by atoms with Crippen molar-refractivity contribution in [1.29, 1.82) is 0 Å². The maximum Gasteiger partial charge on any atom is 0.326 e. The van der Waals surface area contributed by atoms with Crippen LogP contribution >= 0.6 is 0 Å². The van der Waals surface area contributed by atoms with Crippen molar-refractivity contribution in [1.82, 2.24) is 5.32 Å². The third-order valence-electron chi connectivity index (χ3n) is 2.73. The van der Waals surface area contributed by atoms with Crippen LogP contribution in [0.1, 0.15) is 25.8 Å². The first-order valence-electron chi connectivity index (χ1n) is 6.36. The van der Waals surface area contributed by atoms with E-state index in [-0.39, 0.29) is 11.7 Å². The summed E-state index contributed by atoms with van der Waals surface area (Å²) in [6, 6.07) is 2.57. The van der Waals surface area contributed by atoms with E-state index in [4.69, 9.17) is 5.11 Å². The van der Waals surface area contributed by atoms with E-state index in [1.807, 2.05) is 13.8 Å². The largest absolute Gasteiger partial charge is 0.480 e. The zero-order chi connectivity index (χ0) is 15.3. The number of hydrogen-bond acceptors (Lipinski definition) is 2. The molecule has 0 radical (unpaired) electrons. The summed E-state index contributed by atoms with van der Waals surface area (Å²) in [5.41, 5.74) is 0.815. The predicted molar refractivity (Wildman–Crippen MR) is 74.2 cm³/mol. The number of rotatable bonds is 5. The first-order valence-corrected chi connectivity index (χ1v) is 6.36. The third-order valence-corrected chi connectivity index (χ3v) is 2.73. The molecule has 0 heterocycles. The molecule has 3 N–H and O–H groups in total. The number of carbonyl (C=O) groups excluding carboxylic acids is 1. The summed E-state index contributed by atoms with van der Waals surface area (Å²) in [6.07, 6.45) is 0.338. The molecule has 6 heteroatoms. The molecule has 0 aromatic heterocycles. The van der Waals surface area contributed by atoms with Crippen LogP contribution in [0, 0.1) is 18.7 Å². The van der Waals surface area contributed by atoms with Crippen molar-refractivity contribution in [3.8, 4) is 0 Å². The highest BCUT2D eigenvalue weighted by Gasteiger charge is 2.21. The minimum absolute atomic E-state index is 0.143. The van der Waals surface area contributed by atoms with Crippen LogP contribution in [0.4, 0.5) is 14.9 Å². The lowest BCUT2D eigenvalue weighted by Gasteiger charge is -2.17. The van der Waals surface area contributed by atoms with E-state index in [2.05, 4.69) is 10.6 Å². The topological polar surface area (TPSA) is 78.4 Å². The summed E-state index contributed by atoms with van der Waals surface area (Å²) >= 11 is 0. The van der Waals surface area contributed by atoms with Gasteiger partial charge >= 0.3 is 12.0 Å². The Morgan fingerprint density at radius 2 is 2.00 bits per heavy atom. The van der Waals surface area contributed by atoms with Gasteiger partial charge < -0.3 is 15.7 Å². The standard InChI is InChI=1S/C14H19FN2O3/c1-8(2)6-12(13(18)19)17-14(20)16-10-4-5-11(15)9(3)7-10/h4-5,7-8,12H,6H2,1-3H3,(H,18,19)(H2,16,17,20). The Bertz CT molecular complexity index is 503. The average Bonchev–Trinajstić information content (AvgIpc) is 2.32.